The molecule has 4 heteroatoms. The molecule has 0 aromatic carbocycles. The number of hydrogen-bond acceptors (Lipinski definition) is 4. The number of thiazole rings is 1. The third kappa shape index (κ3) is 5.46. The largest absolute Gasteiger partial charge is 0.316 e. The smallest absolute Gasteiger partial charge is 0.0943 e. The minimum atomic E-state index is 1.05. The molecule has 0 aliphatic carbocycles. The molecule has 0 aliphatic rings. The molecule has 104 valence electrons. The molecule has 0 unspecified atom stereocenters. The van der Waals surface area contributed by atoms with E-state index in [1.165, 1.54) is 28.5 Å². The molecule has 18 heavy (non-hydrogen) atoms. The normalized spacial score (nSPS) is 11.4. The SMILES string of the molecule is CCN(CC)CCCNCCc1nc(C)c(C)s1. The second kappa shape index (κ2) is 8.62. The molecule has 0 spiro atoms. The summed E-state index contributed by atoms with van der Waals surface area (Å²) in [5.41, 5.74) is 1.19. The zero-order valence-electron chi connectivity index (χ0n) is 12.3. The fourth-order valence-electron chi connectivity index (χ4n) is 1.93. The van der Waals surface area contributed by atoms with Crippen LogP contribution in [0.5, 0.6) is 0 Å². The van der Waals surface area contributed by atoms with Gasteiger partial charge in [-0.25, -0.2) is 4.98 Å². The maximum atomic E-state index is 4.55. The molecule has 0 bridgehead atoms. The van der Waals surface area contributed by atoms with Crippen LogP contribution in [0.2, 0.25) is 0 Å². The van der Waals surface area contributed by atoms with Crippen LogP contribution in [0.4, 0.5) is 0 Å². The predicted octanol–water partition coefficient (Wildman–Crippen LogP) is 2.62. The fraction of sp³-hybridized carbons (Fsp3) is 0.786. The van der Waals surface area contributed by atoms with Crippen molar-refractivity contribution in [3.05, 3.63) is 15.6 Å². The molecule has 0 radical (unpaired) electrons. The molecule has 1 aromatic rings. The van der Waals surface area contributed by atoms with Crippen molar-refractivity contribution in [3.63, 3.8) is 0 Å². The number of aromatic nitrogens is 1. The van der Waals surface area contributed by atoms with Crippen molar-refractivity contribution in [2.45, 2.75) is 40.5 Å². The summed E-state index contributed by atoms with van der Waals surface area (Å²) in [5, 5.41) is 4.77. The lowest BCUT2D eigenvalue weighted by Gasteiger charge is -2.17. The number of rotatable bonds is 9. The third-order valence-electron chi connectivity index (χ3n) is 3.31. The van der Waals surface area contributed by atoms with Gasteiger partial charge in [-0.2, -0.15) is 0 Å². The van der Waals surface area contributed by atoms with Gasteiger partial charge in [0.15, 0.2) is 0 Å². The topological polar surface area (TPSA) is 28.2 Å². The highest BCUT2D eigenvalue weighted by Crippen LogP contribution is 2.16. The van der Waals surface area contributed by atoms with Crippen molar-refractivity contribution in [2.24, 2.45) is 0 Å². The van der Waals surface area contributed by atoms with Gasteiger partial charge in [0.1, 0.15) is 0 Å². The van der Waals surface area contributed by atoms with E-state index >= 15 is 0 Å². The third-order valence-corrected chi connectivity index (χ3v) is 4.44. The van der Waals surface area contributed by atoms with Crippen LogP contribution in [0.15, 0.2) is 0 Å². The summed E-state index contributed by atoms with van der Waals surface area (Å²) < 4.78 is 0. The lowest BCUT2D eigenvalue weighted by Crippen LogP contribution is -2.27. The van der Waals surface area contributed by atoms with Crippen LogP contribution >= 0.6 is 11.3 Å². The Morgan fingerprint density at radius 3 is 2.44 bits per heavy atom. The monoisotopic (exact) mass is 269 g/mol. The first kappa shape index (κ1) is 15.6. The van der Waals surface area contributed by atoms with Crippen LogP contribution in [0.3, 0.4) is 0 Å². The Morgan fingerprint density at radius 2 is 1.89 bits per heavy atom. The van der Waals surface area contributed by atoms with Crippen molar-refractivity contribution in [3.8, 4) is 0 Å². The van der Waals surface area contributed by atoms with Crippen molar-refractivity contribution in [1.82, 2.24) is 15.2 Å². The van der Waals surface area contributed by atoms with Gasteiger partial charge in [0, 0.05) is 17.8 Å². The number of nitrogens with one attached hydrogen (secondary N) is 1. The Bertz CT molecular complexity index is 312. The molecule has 0 fully saturated rings. The average molecular weight is 269 g/mol. The summed E-state index contributed by atoms with van der Waals surface area (Å²) in [7, 11) is 0. The van der Waals surface area contributed by atoms with E-state index in [0.717, 1.165) is 32.6 Å². The summed E-state index contributed by atoms with van der Waals surface area (Å²) >= 11 is 1.83. The number of hydrogen-bond donors (Lipinski definition) is 1. The summed E-state index contributed by atoms with van der Waals surface area (Å²) in [6.07, 6.45) is 2.29. The first-order chi connectivity index (χ1) is 8.67. The molecule has 1 aromatic heterocycles. The van der Waals surface area contributed by atoms with Gasteiger partial charge in [-0.15, -0.1) is 11.3 Å². The Kier molecular flexibility index (Phi) is 7.47. The predicted molar refractivity (Wildman–Crippen MR) is 80.6 cm³/mol. The molecule has 0 aliphatic heterocycles. The molecular formula is C14H27N3S. The zero-order valence-corrected chi connectivity index (χ0v) is 13.1. The molecule has 0 saturated carbocycles. The van der Waals surface area contributed by atoms with Gasteiger partial charge in [0.05, 0.1) is 10.7 Å². The minimum Gasteiger partial charge on any atom is -0.316 e. The summed E-state index contributed by atoms with van der Waals surface area (Å²) in [6.45, 7) is 14.4. The summed E-state index contributed by atoms with van der Waals surface area (Å²) in [4.78, 5) is 8.37. The van der Waals surface area contributed by atoms with Gasteiger partial charge in [0.2, 0.25) is 0 Å². The highest BCUT2D eigenvalue weighted by atomic mass is 32.1. The number of nitrogens with zero attached hydrogens (tertiary/aromatic N) is 2. The van der Waals surface area contributed by atoms with E-state index in [-0.39, 0.29) is 0 Å². The van der Waals surface area contributed by atoms with Gasteiger partial charge < -0.3 is 10.2 Å². The van der Waals surface area contributed by atoms with Gasteiger partial charge in [-0.1, -0.05) is 13.8 Å². The van der Waals surface area contributed by atoms with Crippen LogP contribution in [0, 0.1) is 13.8 Å². The first-order valence-electron chi connectivity index (χ1n) is 7.03. The molecule has 1 heterocycles. The van der Waals surface area contributed by atoms with E-state index in [1.54, 1.807) is 0 Å². The van der Waals surface area contributed by atoms with Crippen molar-refractivity contribution >= 4 is 11.3 Å². The molecular weight excluding hydrogens is 242 g/mol. The lowest BCUT2D eigenvalue weighted by atomic mass is 10.3. The zero-order chi connectivity index (χ0) is 13.4. The quantitative estimate of drug-likeness (QED) is 0.699. The highest BCUT2D eigenvalue weighted by molar-refractivity contribution is 7.11. The molecule has 0 amide bonds. The van der Waals surface area contributed by atoms with E-state index in [0.29, 0.717) is 0 Å². The second-order valence-electron chi connectivity index (χ2n) is 4.63. The maximum absolute atomic E-state index is 4.55. The summed E-state index contributed by atoms with van der Waals surface area (Å²) in [6, 6.07) is 0. The standard InChI is InChI=1S/C14H27N3S/c1-5-17(6-2)11-7-9-15-10-8-14-16-12(3)13(4)18-14/h15H,5-11H2,1-4H3. The number of aryl methyl sites for hydroxylation is 2. The molecule has 0 atom stereocenters. The van der Waals surface area contributed by atoms with E-state index in [9.17, 15) is 0 Å². The molecule has 1 rings (SSSR count). The lowest BCUT2D eigenvalue weighted by molar-refractivity contribution is 0.298. The first-order valence-corrected chi connectivity index (χ1v) is 7.85. The van der Waals surface area contributed by atoms with Crippen LogP contribution in [-0.4, -0.2) is 42.6 Å². The van der Waals surface area contributed by atoms with Gasteiger partial charge in [0.25, 0.3) is 0 Å². The van der Waals surface area contributed by atoms with E-state index in [1.807, 2.05) is 11.3 Å². The van der Waals surface area contributed by atoms with Crippen LogP contribution in [0.1, 0.15) is 35.8 Å². The maximum Gasteiger partial charge on any atom is 0.0943 e. The Morgan fingerprint density at radius 1 is 1.17 bits per heavy atom. The Labute approximate surface area is 116 Å². The van der Waals surface area contributed by atoms with Crippen molar-refractivity contribution in [1.29, 1.82) is 0 Å². The van der Waals surface area contributed by atoms with Crippen molar-refractivity contribution in [2.75, 3.05) is 32.7 Å². The van der Waals surface area contributed by atoms with Crippen molar-refractivity contribution < 1.29 is 0 Å². The molecule has 1 N–H and O–H groups in total. The van der Waals surface area contributed by atoms with E-state index in [2.05, 4.69) is 42.9 Å². The Hall–Kier alpha value is -0.450. The Balaban J connectivity index is 2.05. The van der Waals surface area contributed by atoms with Gasteiger partial charge in [-0.3, -0.25) is 0 Å². The average Bonchev–Trinajstić information content (AvgIpc) is 2.68. The fourth-order valence-corrected chi connectivity index (χ4v) is 2.87. The summed E-state index contributed by atoms with van der Waals surface area (Å²) in [5.74, 6) is 0. The second-order valence-corrected chi connectivity index (χ2v) is 5.92. The minimum absolute atomic E-state index is 1.05. The van der Waals surface area contributed by atoms with E-state index in [4.69, 9.17) is 0 Å². The van der Waals surface area contributed by atoms with E-state index < -0.39 is 0 Å². The van der Waals surface area contributed by atoms with Crippen LogP contribution in [0.25, 0.3) is 0 Å². The molecule has 3 nitrogen and oxygen atoms in total. The van der Waals surface area contributed by atoms with Crippen LogP contribution in [-0.2, 0) is 6.42 Å². The van der Waals surface area contributed by atoms with Gasteiger partial charge in [-0.05, 0) is 46.4 Å². The highest BCUT2D eigenvalue weighted by Gasteiger charge is 2.03. The molecule has 0 saturated heterocycles. The van der Waals surface area contributed by atoms with Gasteiger partial charge >= 0.3 is 0 Å². The van der Waals surface area contributed by atoms with Crippen LogP contribution < -0.4 is 5.32 Å².